The van der Waals surface area contributed by atoms with Crippen LogP contribution in [0.1, 0.15) is 39.7 Å². The van der Waals surface area contributed by atoms with Gasteiger partial charge < -0.3 is 9.84 Å². The Bertz CT molecular complexity index is 720. The number of aliphatic carboxylic acids is 1. The van der Waals surface area contributed by atoms with Crippen LogP contribution in [0.15, 0.2) is 30.7 Å². The van der Waals surface area contributed by atoms with Crippen molar-refractivity contribution in [1.29, 1.82) is 0 Å². The molecule has 0 radical (unpaired) electrons. The van der Waals surface area contributed by atoms with Gasteiger partial charge in [-0.05, 0) is 36.3 Å². The molecule has 6 heteroatoms. The molecule has 1 atom stereocenters. The Kier molecular flexibility index (Phi) is 4.55. The van der Waals surface area contributed by atoms with Crippen LogP contribution in [-0.4, -0.2) is 31.9 Å². The highest BCUT2D eigenvalue weighted by atomic mass is 16.5. The van der Waals surface area contributed by atoms with Gasteiger partial charge in [-0.15, -0.1) is 0 Å². The number of ether oxygens (including phenoxy) is 1. The van der Waals surface area contributed by atoms with Crippen molar-refractivity contribution in [2.75, 3.05) is 0 Å². The molecule has 24 heavy (non-hydrogen) atoms. The van der Waals surface area contributed by atoms with Crippen molar-refractivity contribution in [3.8, 4) is 17.0 Å². The number of rotatable bonds is 6. The van der Waals surface area contributed by atoms with Crippen LogP contribution in [0.3, 0.4) is 0 Å². The molecule has 2 heterocycles. The zero-order valence-corrected chi connectivity index (χ0v) is 14.2. The summed E-state index contributed by atoms with van der Waals surface area (Å²) in [6.07, 6.45) is 7.55. The fourth-order valence-electron chi connectivity index (χ4n) is 3.09. The van der Waals surface area contributed by atoms with Crippen molar-refractivity contribution in [2.45, 2.75) is 45.8 Å². The summed E-state index contributed by atoms with van der Waals surface area (Å²) in [5.74, 6) is 0.404. The molecule has 1 aliphatic rings. The van der Waals surface area contributed by atoms with Gasteiger partial charge in [-0.1, -0.05) is 20.8 Å². The summed E-state index contributed by atoms with van der Waals surface area (Å²) in [4.78, 5) is 15.7. The molecular weight excluding hydrogens is 306 g/mol. The standard InChI is InChI=1S/C18H23N3O3/c1-11(2)17(18(22)23)21-10-14(9-20-21)13-4-5-19-16(8-13)24-15-6-12(3)7-15/h4-5,8-12,15,17H,6-7H2,1-3H3,(H,22,23). The topological polar surface area (TPSA) is 77.2 Å². The first kappa shape index (κ1) is 16.5. The molecule has 3 rings (SSSR count). The van der Waals surface area contributed by atoms with Crippen molar-refractivity contribution in [1.82, 2.24) is 14.8 Å². The monoisotopic (exact) mass is 329 g/mol. The van der Waals surface area contributed by atoms with E-state index in [4.69, 9.17) is 4.74 Å². The lowest BCUT2D eigenvalue weighted by atomic mass is 9.84. The normalized spacial score (nSPS) is 21.3. The molecular formula is C18H23N3O3. The second-order valence-electron chi connectivity index (χ2n) is 6.94. The third kappa shape index (κ3) is 3.42. The first-order valence-corrected chi connectivity index (χ1v) is 8.34. The highest BCUT2D eigenvalue weighted by Crippen LogP contribution is 2.31. The fourth-order valence-corrected chi connectivity index (χ4v) is 3.09. The maximum absolute atomic E-state index is 11.4. The number of hydrogen-bond donors (Lipinski definition) is 1. The van der Waals surface area contributed by atoms with E-state index in [9.17, 15) is 9.90 Å². The van der Waals surface area contributed by atoms with Crippen LogP contribution in [0.2, 0.25) is 0 Å². The lowest BCUT2D eigenvalue weighted by molar-refractivity contribution is -0.142. The SMILES string of the molecule is CC1CC(Oc2cc(-c3cnn(C(C(=O)O)C(C)C)c3)ccn2)C1. The molecule has 1 saturated carbocycles. The molecule has 1 unspecified atom stereocenters. The van der Waals surface area contributed by atoms with Crippen molar-refractivity contribution >= 4 is 5.97 Å². The summed E-state index contributed by atoms with van der Waals surface area (Å²) < 4.78 is 7.39. The Hall–Kier alpha value is -2.37. The third-order valence-electron chi connectivity index (χ3n) is 4.46. The molecule has 0 spiro atoms. The number of aromatic nitrogens is 3. The van der Waals surface area contributed by atoms with Gasteiger partial charge in [0.15, 0.2) is 6.04 Å². The Balaban J connectivity index is 1.78. The van der Waals surface area contributed by atoms with Gasteiger partial charge in [0.1, 0.15) is 6.10 Å². The molecule has 6 nitrogen and oxygen atoms in total. The zero-order chi connectivity index (χ0) is 17.3. The lowest BCUT2D eigenvalue weighted by Crippen LogP contribution is -2.32. The van der Waals surface area contributed by atoms with Gasteiger partial charge in [-0.25, -0.2) is 9.78 Å². The maximum Gasteiger partial charge on any atom is 0.328 e. The van der Waals surface area contributed by atoms with E-state index in [-0.39, 0.29) is 12.0 Å². The Labute approximate surface area is 141 Å². The third-order valence-corrected chi connectivity index (χ3v) is 4.46. The summed E-state index contributed by atoms with van der Waals surface area (Å²) >= 11 is 0. The lowest BCUT2D eigenvalue weighted by Gasteiger charge is -2.32. The molecule has 2 aromatic heterocycles. The molecule has 0 aliphatic heterocycles. The minimum absolute atomic E-state index is 0.0489. The van der Waals surface area contributed by atoms with Crippen LogP contribution in [-0.2, 0) is 4.79 Å². The Morgan fingerprint density at radius 1 is 1.38 bits per heavy atom. The second-order valence-corrected chi connectivity index (χ2v) is 6.94. The zero-order valence-electron chi connectivity index (χ0n) is 14.2. The highest BCUT2D eigenvalue weighted by Gasteiger charge is 2.27. The van der Waals surface area contributed by atoms with E-state index in [1.807, 2.05) is 26.0 Å². The van der Waals surface area contributed by atoms with E-state index in [0.29, 0.717) is 5.88 Å². The summed E-state index contributed by atoms with van der Waals surface area (Å²) in [6, 6.07) is 3.09. The van der Waals surface area contributed by atoms with E-state index >= 15 is 0 Å². The van der Waals surface area contributed by atoms with Crippen molar-refractivity contribution in [2.24, 2.45) is 11.8 Å². The number of pyridine rings is 1. The molecule has 0 amide bonds. The van der Waals surface area contributed by atoms with Crippen LogP contribution < -0.4 is 4.74 Å². The van der Waals surface area contributed by atoms with Gasteiger partial charge >= 0.3 is 5.97 Å². The largest absolute Gasteiger partial charge is 0.480 e. The average molecular weight is 329 g/mol. The smallest absolute Gasteiger partial charge is 0.328 e. The predicted octanol–water partition coefficient (Wildman–Crippen LogP) is 3.40. The van der Waals surface area contributed by atoms with Gasteiger partial charge in [-0.3, -0.25) is 4.68 Å². The summed E-state index contributed by atoms with van der Waals surface area (Å²) in [7, 11) is 0. The quantitative estimate of drug-likeness (QED) is 0.879. The predicted molar refractivity (Wildman–Crippen MR) is 89.8 cm³/mol. The van der Waals surface area contributed by atoms with Crippen LogP contribution in [0.5, 0.6) is 5.88 Å². The molecule has 2 aromatic rings. The second kappa shape index (κ2) is 6.63. The van der Waals surface area contributed by atoms with Gasteiger partial charge in [0.05, 0.1) is 6.20 Å². The summed E-state index contributed by atoms with van der Waals surface area (Å²) in [5.41, 5.74) is 1.78. The Morgan fingerprint density at radius 2 is 2.12 bits per heavy atom. The van der Waals surface area contributed by atoms with Gasteiger partial charge in [0.25, 0.3) is 0 Å². The minimum atomic E-state index is -0.877. The van der Waals surface area contributed by atoms with Crippen LogP contribution in [0, 0.1) is 11.8 Å². The first-order valence-electron chi connectivity index (χ1n) is 8.34. The van der Waals surface area contributed by atoms with Gasteiger partial charge in [0, 0.05) is 24.0 Å². The van der Waals surface area contributed by atoms with Crippen molar-refractivity contribution in [3.63, 3.8) is 0 Å². The number of carboxylic acids is 1. The highest BCUT2D eigenvalue weighted by molar-refractivity contribution is 5.72. The van der Waals surface area contributed by atoms with E-state index in [0.717, 1.165) is 29.9 Å². The van der Waals surface area contributed by atoms with E-state index in [2.05, 4.69) is 17.0 Å². The maximum atomic E-state index is 11.4. The van der Waals surface area contributed by atoms with Crippen molar-refractivity contribution in [3.05, 3.63) is 30.7 Å². The average Bonchev–Trinajstić information content (AvgIpc) is 2.94. The van der Waals surface area contributed by atoms with Crippen LogP contribution in [0.4, 0.5) is 0 Å². The minimum Gasteiger partial charge on any atom is -0.480 e. The van der Waals surface area contributed by atoms with Crippen molar-refractivity contribution < 1.29 is 14.6 Å². The van der Waals surface area contributed by atoms with Crippen LogP contribution in [0.25, 0.3) is 11.1 Å². The Morgan fingerprint density at radius 3 is 2.75 bits per heavy atom. The molecule has 0 saturated heterocycles. The molecule has 128 valence electrons. The fraction of sp³-hybridized carbons (Fsp3) is 0.500. The van der Waals surface area contributed by atoms with Gasteiger partial charge in [0.2, 0.25) is 5.88 Å². The van der Waals surface area contributed by atoms with Crippen LogP contribution >= 0.6 is 0 Å². The molecule has 0 aromatic carbocycles. The number of carboxylic acid groups (broad SMARTS) is 1. The summed E-state index contributed by atoms with van der Waals surface area (Å²) in [5, 5.41) is 13.6. The number of nitrogens with zero attached hydrogens (tertiary/aromatic N) is 3. The van der Waals surface area contributed by atoms with E-state index in [1.54, 1.807) is 18.6 Å². The molecule has 0 bridgehead atoms. The molecule has 1 fully saturated rings. The number of carbonyl (C=O) groups is 1. The van der Waals surface area contributed by atoms with E-state index < -0.39 is 12.0 Å². The molecule has 1 N–H and O–H groups in total. The van der Waals surface area contributed by atoms with Gasteiger partial charge in [-0.2, -0.15) is 5.10 Å². The number of hydrogen-bond acceptors (Lipinski definition) is 4. The first-order chi connectivity index (χ1) is 11.4. The summed E-state index contributed by atoms with van der Waals surface area (Å²) in [6.45, 7) is 5.96. The van der Waals surface area contributed by atoms with E-state index in [1.165, 1.54) is 4.68 Å². The molecule has 1 aliphatic carbocycles.